The molecule has 3 aromatic rings. The fourth-order valence-corrected chi connectivity index (χ4v) is 3.42. The molecule has 0 aliphatic heterocycles. The number of anilines is 1. The number of carbonyl (C=O) groups is 1. The second kappa shape index (κ2) is 8.12. The molecule has 2 heterocycles. The van der Waals surface area contributed by atoms with Gasteiger partial charge in [-0.2, -0.15) is 0 Å². The first-order valence-corrected chi connectivity index (χ1v) is 10.00. The van der Waals surface area contributed by atoms with Crippen molar-refractivity contribution in [1.82, 2.24) is 20.3 Å². The van der Waals surface area contributed by atoms with Crippen molar-refractivity contribution >= 4 is 34.8 Å². The molecular formula is C20H18Cl2FN5O2. The number of imidazole rings is 1. The van der Waals surface area contributed by atoms with E-state index in [1.807, 2.05) is 0 Å². The van der Waals surface area contributed by atoms with Crippen molar-refractivity contribution in [3.63, 3.8) is 0 Å². The van der Waals surface area contributed by atoms with E-state index in [0.717, 1.165) is 18.5 Å². The van der Waals surface area contributed by atoms with Crippen LogP contribution in [0.2, 0.25) is 10.2 Å². The van der Waals surface area contributed by atoms with Gasteiger partial charge in [0.05, 0.1) is 5.02 Å². The maximum Gasteiger partial charge on any atom is 0.271 e. The summed E-state index contributed by atoms with van der Waals surface area (Å²) in [5.74, 6) is -0.373. The Labute approximate surface area is 181 Å². The Bertz CT molecular complexity index is 1130. The lowest BCUT2D eigenvalue weighted by Crippen LogP contribution is -2.24. The summed E-state index contributed by atoms with van der Waals surface area (Å²) in [4.78, 5) is 23.4. The second-order valence-electron chi connectivity index (χ2n) is 7.06. The Balaban J connectivity index is 1.53. The van der Waals surface area contributed by atoms with Crippen molar-refractivity contribution in [3.8, 4) is 11.6 Å². The van der Waals surface area contributed by atoms with E-state index < -0.39 is 11.7 Å². The molecule has 0 unspecified atom stereocenters. The Kier molecular flexibility index (Phi) is 5.53. The molecule has 0 saturated heterocycles. The minimum Gasteiger partial charge on any atom is -0.434 e. The Morgan fingerprint density at radius 2 is 2.10 bits per heavy atom. The highest BCUT2D eigenvalue weighted by molar-refractivity contribution is 6.32. The maximum atomic E-state index is 15.1. The molecule has 1 aliphatic carbocycles. The third-order valence-electron chi connectivity index (χ3n) is 4.62. The molecule has 1 aliphatic rings. The zero-order chi connectivity index (χ0) is 21.4. The highest BCUT2D eigenvalue weighted by Crippen LogP contribution is 2.41. The summed E-state index contributed by atoms with van der Waals surface area (Å²) in [6, 6.07) is 6.26. The number of aromatic amines is 1. The number of nitrogens with one attached hydrogen (secondary N) is 2. The number of hydrogen-bond donors (Lipinski definition) is 3. The van der Waals surface area contributed by atoms with E-state index in [2.05, 4.69) is 20.3 Å². The smallest absolute Gasteiger partial charge is 0.271 e. The van der Waals surface area contributed by atoms with E-state index in [9.17, 15) is 4.79 Å². The fourth-order valence-electron chi connectivity index (χ4n) is 2.97. The summed E-state index contributed by atoms with van der Waals surface area (Å²) in [5.41, 5.74) is 7.51. The van der Waals surface area contributed by atoms with Crippen molar-refractivity contribution in [3.05, 3.63) is 63.0 Å². The third kappa shape index (κ3) is 4.34. The van der Waals surface area contributed by atoms with Gasteiger partial charge in [0.15, 0.2) is 16.7 Å². The average molecular weight is 450 g/mol. The van der Waals surface area contributed by atoms with E-state index in [-0.39, 0.29) is 39.6 Å². The van der Waals surface area contributed by atoms with Crippen LogP contribution in [-0.2, 0) is 6.54 Å². The lowest BCUT2D eigenvalue weighted by molar-refractivity contribution is 0.0946. The van der Waals surface area contributed by atoms with Gasteiger partial charge in [-0.3, -0.25) is 4.79 Å². The summed E-state index contributed by atoms with van der Waals surface area (Å²) in [6.07, 6.45) is 2.08. The van der Waals surface area contributed by atoms with Crippen LogP contribution in [0.3, 0.4) is 0 Å². The van der Waals surface area contributed by atoms with Crippen LogP contribution in [0.5, 0.6) is 11.6 Å². The monoisotopic (exact) mass is 449 g/mol. The van der Waals surface area contributed by atoms with Crippen molar-refractivity contribution < 1.29 is 13.9 Å². The number of aryl methyl sites for hydroxylation is 1. The van der Waals surface area contributed by atoms with Crippen molar-refractivity contribution in [2.75, 3.05) is 5.73 Å². The van der Waals surface area contributed by atoms with Gasteiger partial charge in [0.1, 0.15) is 11.5 Å². The average Bonchev–Trinajstić information content (AvgIpc) is 3.48. The van der Waals surface area contributed by atoms with Crippen LogP contribution in [0.15, 0.2) is 24.3 Å². The molecular weight excluding hydrogens is 432 g/mol. The molecule has 1 aromatic carbocycles. The van der Waals surface area contributed by atoms with E-state index in [1.165, 1.54) is 18.2 Å². The number of pyridine rings is 1. The Morgan fingerprint density at radius 1 is 1.33 bits per heavy atom. The van der Waals surface area contributed by atoms with Crippen molar-refractivity contribution in [1.29, 1.82) is 0 Å². The standard InChI is InChI=1S/C20H18Cl2FN5O2/c1-9-26-17(19(22)27-9)20(29)25-8-11-4-5-13(21)18(16(11)23)30-15-7-12(24)6-14(28-15)10-2-3-10/h4-7,10H,2-3,8H2,1H3,(H2,24,28)(H,25,29)(H,26,27). The van der Waals surface area contributed by atoms with Crippen LogP contribution >= 0.6 is 23.2 Å². The minimum atomic E-state index is -0.702. The normalized spacial score (nSPS) is 13.3. The maximum absolute atomic E-state index is 15.1. The van der Waals surface area contributed by atoms with Crippen LogP contribution < -0.4 is 15.8 Å². The number of nitrogen functional groups attached to an aromatic ring is 1. The van der Waals surface area contributed by atoms with Gasteiger partial charge in [-0.05, 0) is 31.9 Å². The van der Waals surface area contributed by atoms with Gasteiger partial charge in [0.2, 0.25) is 5.88 Å². The predicted octanol–water partition coefficient (Wildman–Crippen LogP) is 4.74. The number of carbonyl (C=O) groups excluding carboxylic acids is 1. The molecule has 1 saturated carbocycles. The lowest BCUT2D eigenvalue weighted by Gasteiger charge is -2.13. The number of amides is 1. The van der Waals surface area contributed by atoms with Gasteiger partial charge >= 0.3 is 0 Å². The van der Waals surface area contributed by atoms with Gasteiger partial charge in [-0.25, -0.2) is 14.4 Å². The van der Waals surface area contributed by atoms with Gasteiger partial charge in [-0.15, -0.1) is 0 Å². The molecule has 156 valence electrons. The van der Waals surface area contributed by atoms with Gasteiger partial charge in [0, 0.05) is 35.5 Å². The number of benzene rings is 1. The predicted molar refractivity (Wildman–Crippen MR) is 112 cm³/mol. The second-order valence-corrected chi connectivity index (χ2v) is 7.83. The molecule has 0 spiro atoms. The van der Waals surface area contributed by atoms with Crippen molar-refractivity contribution in [2.45, 2.75) is 32.2 Å². The van der Waals surface area contributed by atoms with Gasteiger partial charge in [-0.1, -0.05) is 29.3 Å². The van der Waals surface area contributed by atoms with E-state index in [4.69, 9.17) is 33.7 Å². The highest BCUT2D eigenvalue weighted by atomic mass is 35.5. The Morgan fingerprint density at radius 3 is 2.77 bits per heavy atom. The summed E-state index contributed by atoms with van der Waals surface area (Å²) in [5, 5.41) is 2.72. The molecule has 4 rings (SSSR count). The summed E-state index contributed by atoms with van der Waals surface area (Å²) >= 11 is 12.1. The van der Waals surface area contributed by atoms with E-state index in [0.29, 0.717) is 17.4 Å². The lowest BCUT2D eigenvalue weighted by atomic mass is 10.2. The first kappa shape index (κ1) is 20.4. The van der Waals surface area contributed by atoms with Gasteiger partial charge < -0.3 is 20.8 Å². The summed E-state index contributed by atoms with van der Waals surface area (Å²) < 4.78 is 20.7. The topological polar surface area (TPSA) is 106 Å². The number of aromatic nitrogens is 3. The van der Waals surface area contributed by atoms with Crippen LogP contribution in [0.25, 0.3) is 0 Å². The minimum absolute atomic E-state index is 0.0461. The number of halogens is 3. The van der Waals surface area contributed by atoms with Crippen LogP contribution in [0.4, 0.5) is 10.1 Å². The number of ether oxygens (including phenoxy) is 1. The highest BCUT2D eigenvalue weighted by Gasteiger charge is 2.26. The zero-order valence-corrected chi connectivity index (χ0v) is 17.4. The van der Waals surface area contributed by atoms with E-state index in [1.54, 1.807) is 13.0 Å². The first-order valence-electron chi connectivity index (χ1n) is 9.24. The Hall–Kier alpha value is -2.84. The number of hydrogen-bond acceptors (Lipinski definition) is 5. The molecule has 10 heteroatoms. The quantitative estimate of drug-likeness (QED) is 0.503. The zero-order valence-electron chi connectivity index (χ0n) is 15.9. The molecule has 7 nitrogen and oxygen atoms in total. The number of H-pyrrole nitrogens is 1. The number of nitrogens with two attached hydrogens (primary N) is 1. The third-order valence-corrected chi connectivity index (χ3v) is 5.19. The number of rotatable bonds is 6. The molecule has 0 bridgehead atoms. The molecule has 1 fully saturated rings. The molecule has 2 aromatic heterocycles. The van der Waals surface area contributed by atoms with E-state index >= 15 is 4.39 Å². The SMILES string of the molecule is Cc1nc(Cl)c(C(=O)NCc2ccc(Cl)c(Oc3cc(N)cc(C4CC4)n3)c2F)[nH]1. The van der Waals surface area contributed by atoms with Crippen molar-refractivity contribution in [2.24, 2.45) is 0 Å². The number of nitrogens with zero attached hydrogens (tertiary/aromatic N) is 2. The van der Waals surface area contributed by atoms with Crippen LogP contribution in [0, 0.1) is 12.7 Å². The molecule has 1 amide bonds. The molecule has 0 radical (unpaired) electrons. The largest absolute Gasteiger partial charge is 0.434 e. The summed E-state index contributed by atoms with van der Waals surface area (Å²) in [6.45, 7) is 1.56. The van der Waals surface area contributed by atoms with Crippen LogP contribution in [0.1, 0.15) is 46.3 Å². The molecule has 30 heavy (non-hydrogen) atoms. The fraction of sp³-hybridized carbons (Fsp3) is 0.250. The molecule has 0 atom stereocenters. The van der Waals surface area contributed by atoms with Gasteiger partial charge in [0.25, 0.3) is 5.91 Å². The first-order chi connectivity index (χ1) is 14.3. The van der Waals surface area contributed by atoms with Crippen LogP contribution in [-0.4, -0.2) is 20.9 Å². The summed E-state index contributed by atoms with van der Waals surface area (Å²) in [7, 11) is 0. The molecule has 4 N–H and O–H groups in total.